The molecule has 1 unspecified atom stereocenters. The Kier molecular flexibility index (Phi) is 3.01. The van der Waals surface area contributed by atoms with Gasteiger partial charge in [0.15, 0.2) is 5.78 Å². The van der Waals surface area contributed by atoms with Gasteiger partial charge in [-0.15, -0.1) is 0 Å². The number of nitrogens with zero attached hydrogens (tertiary/aromatic N) is 1. The van der Waals surface area contributed by atoms with E-state index >= 15 is 0 Å². The summed E-state index contributed by atoms with van der Waals surface area (Å²) in [5, 5.41) is 9.01. The maximum Gasteiger partial charge on any atom is 0.187 e. The lowest BCUT2D eigenvalue weighted by atomic mass is 9.93. The maximum atomic E-state index is 13.5. The summed E-state index contributed by atoms with van der Waals surface area (Å²) in [7, 11) is 0. The van der Waals surface area contributed by atoms with Crippen LogP contribution in [-0.4, -0.2) is 5.78 Å². The van der Waals surface area contributed by atoms with Gasteiger partial charge in [-0.3, -0.25) is 4.79 Å². The van der Waals surface area contributed by atoms with E-state index < -0.39 is 17.5 Å². The third-order valence-electron chi connectivity index (χ3n) is 2.41. The molecule has 1 aromatic heterocycles. The van der Waals surface area contributed by atoms with Crippen LogP contribution in [0.25, 0.3) is 0 Å². The summed E-state index contributed by atoms with van der Waals surface area (Å²) in [6.07, 6.45) is 2.58. The second-order valence-electron chi connectivity index (χ2n) is 3.46. The molecule has 0 N–H and O–H groups in total. The van der Waals surface area contributed by atoms with E-state index in [4.69, 9.17) is 9.68 Å². The van der Waals surface area contributed by atoms with Gasteiger partial charge in [0.25, 0.3) is 0 Å². The molecule has 17 heavy (non-hydrogen) atoms. The number of nitriles is 1. The highest BCUT2D eigenvalue weighted by atomic mass is 19.1. The standard InChI is InChI=1S/C13H8FNO2/c14-12-4-2-1-3-10(12)11(7-15)13(16)9-5-6-17-8-9/h1-6,8,11H. The van der Waals surface area contributed by atoms with Crippen LogP contribution in [0.5, 0.6) is 0 Å². The van der Waals surface area contributed by atoms with E-state index in [1.54, 1.807) is 6.07 Å². The molecule has 1 atom stereocenters. The predicted molar refractivity (Wildman–Crippen MR) is 57.8 cm³/mol. The first kappa shape index (κ1) is 11.1. The zero-order valence-corrected chi connectivity index (χ0v) is 8.76. The van der Waals surface area contributed by atoms with Gasteiger partial charge >= 0.3 is 0 Å². The van der Waals surface area contributed by atoms with Gasteiger partial charge in [0, 0.05) is 5.56 Å². The molecule has 0 aliphatic carbocycles. The van der Waals surface area contributed by atoms with Crippen LogP contribution < -0.4 is 0 Å². The molecule has 4 heteroatoms. The number of Topliss-reactive ketones (excluding diaryl/α,β-unsaturated/α-hetero) is 1. The van der Waals surface area contributed by atoms with Crippen molar-refractivity contribution in [3.05, 3.63) is 59.8 Å². The second kappa shape index (κ2) is 4.62. The van der Waals surface area contributed by atoms with Crippen molar-refractivity contribution in [1.82, 2.24) is 0 Å². The van der Waals surface area contributed by atoms with Gasteiger partial charge in [-0.05, 0) is 12.1 Å². The van der Waals surface area contributed by atoms with E-state index in [2.05, 4.69) is 0 Å². The van der Waals surface area contributed by atoms with E-state index in [0.29, 0.717) is 0 Å². The quantitative estimate of drug-likeness (QED) is 0.760. The number of halogens is 1. The molecular formula is C13H8FNO2. The number of benzene rings is 1. The van der Waals surface area contributed by atoms with E-state index in [1.165, 1.54) is 36.8 Å². The molecule has 0 saturated carbocycles. The Hall–Kier alpha value is -2.41. The minimum Gasteiger partial charge on any atom is -0.472 e. The number of hydrogen-bond acceptors (Lipinski definition) is 3. The highest BCUT2D eigenvalue weighted by molar-refractivity contribution is 6.02. The molecule has 0 bridgehead atoms. The van der Waals surface area contributed by atoms with Crippen LogP contribution in [-0.2, 0) is 0 Å². The topological polar surface area (TPSA) is 54.0 Å². The Bertz CT molecular complexity index is 569. The van der Waals surface area contributed by atoms with Crippen LogP contribution in [0.3, 0.4) is 0 Å². The van der Waals surface area contributed by atoms with Crippen molar-refractivity contribution in [2.24, 2.45) is 0 Å². The lowest BCUT2D eigenvalue weighted by Crippen LogP contribution is -2.11. The summed E-state index contributed by atoms with van der Waals surface area (Å²) in [5.41, 5.74) is 0.348. The minimum absolute atomic E-state index is 0.0844. The van der Waals surface area contributed by atoms with E-state index in [0.717, 1.165) is 0 Å². The molecule has 0 aliphatic rings. The molecule has 1 aromatic carbocycles. The fourth-order valence-electron chi connectivity index (χ4n) is 1.55. The Morgan fingerprint density at radius 3 is 2.71 bits per heavy atom. The molecule has 2 rings (SSSR count). The molecule has 0 aliphatic heterocycles. The summed E-state index contributed by atoms with van der Waals surface area (Å²) >= 11 is 0. The van der Waals surface area contributed by atoms with Crippen molar-refractivity contribution in [3.8, 4) is 6.07 Å². The normalized spacial score (nSPS) is 11.8. The SMILES string of the molecule is N#CC(C(=O)c1ccoc1)c1ccccc1F. The van der Waals surface area contributed by atoms with Crippen LogP contribution in [0.2, 0.25) is 0 Å². The summed E-state index contributed by atoms with van der Waals surface area (Å²) in [6.45, 7) is 0. The first-order chi connectivity index (χ1) is 8.24. The third-order valence-corrected chi connectivity index (χ3v) is 2.41. The average Bonchev–Trinajstić information content (AvgIpc) is 2.86. The van der Waals surface area contributed by atoms with Gasteiger partial charge < -0.3 is 4.42 Å². The number of ketones is 1. The van der Waals surface area contributed by atoms with Crippen molar-refractivity contribution in [2.75, 3.05) is 0 Å². The molecule has 1 heterocycles. The highest BCUT2D eigenvalue weighted by Gasteiger charge is 2.24. The molecule has 0 amide bonds. The number of carbonyl (C=O) groups excluding carboxylic acids is 1. The van der Waals surface area contributed by atoms with E-state index in [-0.39, 0.29) is 11.1 Å². The predicted octanol–water partition coefficient (Wildman–Crippen LogP) is 2.91. The Morgan fingerprint density at radius 2 is 2.12 bits per heavy atom. The summed E-state index contributed by atoms with van der Waals surface area (Å²) in [5.74, 6) is -2.17. The summed E-state index contributed by atoms with van der Waals surface area (Å²) < 4.78 is 18.3. The Morgan fingerprint density at radius 1 is 1.35 bits per heavy atom. The maximum absolute atomic E-state index is 13.5. The summed E-state index contributed by atoms with van der Waals surface area (Å²) in [6, 6.07) is 9.02. The van der Waals surface area contributed by atoms with Crippen molar-refractivity contribution < 1.29 is 13.6 Å². The Labute approximate surface area is 97.1 Å². The van der Waals surface area contributed by atoms with Gasteiger partial charge in [0.1, 0.15) is 18.0 Å². The van der Waals surface area contributed by atoms with Gasteiger partial charge in [0.2, 0.25) is 0 Å². The smallest absolute Gasteiger partial charge is 0.187 e. The van der Waals surface area contributed by atoms with Crippen LogP contribution in [0, 0.1) is 17.1 Å². The van der Waals surface area contributed by atoms with E-state index in [1.807, 2.05) is 6.07 Å². The monoisotopic (exact) mass is 229 g/mol. The largest absolute Gasteiger partial charge is 0.472 e. The second-order valence-corrected chi connectivity index (χ2v) is 3.46. The molecule has 3 nitrogen and oxygen atoms in total. The summed E-state index contributed by atoms with van der Waals surface area (Å²) in [4.78, 5) is 11.9. The highest BCUT2D eigenvalue weighted by Crippen LogP contribution is 2.23. The first-order valence-electron chi connectivity index (χ1n) is 4.94. The van der Waals surface area contributed by atoms with Gasteiger partial charge in [-0.25, -0.2) is 4.39 Å². The van der Waals surface area contributed by atoms with Crippen LogP contribution >= 0.6 is 0 Å². The van der Waals surface area contributed by atoms with Crippen molar-refractivity contribution in [3.63, 3.8) is 0 Å². The number of hydrogen-bond donors (Lipinski definition) is 0. The van der Waals surface area contributed by atoms with Crippen LogP contribution in [0.1, 0.15) is 21.8 Å². The van der Waals surface area contributed by atoms with Crippen LogP contribution in [0.4, 0.5) is 4.39 Å². The fourth-order valence-corrected chi connectivity index (χ4v) is 1.55. The average molecular weight is 229 g/mol. The van der Waals surface area contributed by atoms with E-state index in [9.17, 15) is 9.18 Å². The molecule has 0 fully saturated rings. The zero-order chi connectivity index (χ0) is 12.3. The van der Waals surface area contributed by atoms with Gasteiger partial charge in [-0.2, -0.15) is 5.26 Å². The lowest BCUT2D eigenvalue weighted by molar-refractivity contribution is 0.0977. The van der Waals surface area contributed by atoms with Crippen LogP contribution in [0.15, 0.2) is 47.3 Å². The third kappa shape index (κ3) is 2.08. The molecule has 0 saturated heterocycles. The van der Waals surface area contributed by atoms with Crippen molar-refractivity contribution in [2.45, 2.75) is 5.92 Å². The van der Waals surface area contributed by atoms with Crippen molar-refractivity contribution in [1.29, 1.82) is 5.26 Å². The molecule has 2 aromatic rings. The fraction of sp³-hybridized carbons (Fsp3) is 0.0769. The number of furan rings is 1. The molecule has 0 spiro atoms. The Balaban J connectivity index is 2.39. The molecule has 84 valence electrons. The number of carbonyl (C=O) groups is 1. The van der Waals surface area contributed by atoms with Crippen molar-refractivity contribution >= 4 is 5.78 Å². The lowest BCUT2D eigenvalue weighted by Gasteiger charge is -2.07. The molecular weight excluding hydrogens is 221 g/mol. The minimum atomic E-state index is -1.14. The van der Waals surface area contributed by atoms with Gasteiger partial charge in [-0.1, -0.05) is 18.2 Å². The first-order valence-corrected chi connectivity index (χ1v) is 4.94. The number of rotatable bonds is 3. The zero-order valence-electron chi connectivity index (χ0n) is 8.76. The van der Waals surface area contributed by atoms with Gasteiger partial charge in [0.05, 0.1) is 17.9 Å². The molecule has 0 radical (unpaired) electrons.